The molecule has 0 saturated heterocycles. The number of fused-ring (bicyclic) bond motifs is 1. The Morgan fingerprint density at radius 2 is 1.79 bits per heavy atom. The standard InChI is InChI=1S/C15H10O3S/c16-10-7-4-8-11-12(10)13(17)15(19)14(18-11)9-5-2-1-3-6-9/h1-8,14,16H. The molecule has 2 aromatic carbocycles. The second kappa shape index (κ2) is 4.48. The first-order valence-electron chi connectivity index (χ1n) is 5.80. The lowest BCUT2D eigenvalue weighted by molar-refractivity contribution is 0.103. The van der Waals surface area contributed by atoms with Crippen molar-refractivity contribution in [3.05, 3.63) is 59.7 Å². The molecule has 0 spiro atoms. The number of rotatable bonds is 1. The fraction of sp³-hybridized carbons (Fsp3) is 0.0667. The third kappa shape index (κ3) is 1.90. The fourth-order valence-electron chi connectivity index (χ4n) is 2.12. The van der Waals surface area contributed by atoms with Crippen molar-refractivity contribution in [2.24, 2.45) is 0 Å². The summed E-state index contributed by atoms with van der Waals surface area (Å²) in [7, 11) is 0. The Morgan fingerprint density at radius 1 is 1.05 bits per heavy atom. The van der Waals surface area contributed by atoms with Crippen molar-refractivity contribution >= 4 is 22.9 Å². The first-order valence-corrected chi connectivity index (χ1v) is 6.21. The lowest BCUT2D eigenvalue weighted by atomic mass is 9.95. The van der Waals surface area contributed by atoms with Crippen molar-refractivity contribution in [1.82, 2.24) is 0 Å². The summed E-state index contributed by atoms with van der Waals surface area (Å²) in [6.45, 7) is 0. The number of benzene rings is 2. The van der Waals surface area contributed by atoms with Crippen molar-refractivity contribution in [2.75, 3.05) is 0 Å². The van der Waals surface area contributed by atoms with E-state index in [0.717, 1.165) is 5.56 Å². The van der Waals surface area contributed by atoms with Crippen LogP contribution in [0.3, 0.4) is 0 Å². The van der Waals surface area contributed by atoms with Crippen LogP contribution in [-0.4, -0.2) is 15.8 Å². The topological polar surface area (TPSA) is 46.5 Å². The first-order chi connectivity index (χ1) is 9.18. The number of carbonyl (C=O) groups excluding carboxylic acids is 1. The normalized spacial score (nSPS) is 17.8. The van der Waals surface area contributed by atoms with Crippen LogP contribution in [-0.2, 0) is 0 Å². The maximum Gasteiger partial charge on any atom is 0.211 e. The highest BCUT2D eigenvalue weighted by atomic mass is 32.1. The summed E-state index contributed by atoms with van der Waals surface area (Å²) in [6, 6.07) is 14.1. The van der Waals surface area contributed by atoms with Crippen molar-refractivity contribution in [3.8, 4) is 11.5 Å². The maximum atomic E-state index is 12.2. The SMILES string of the molecule is O=C1C(=S)C(c2ccccc2)Oc2cccc(O)c21. The van der Waals surface area contributed by atoms with Gasteiger partial charge in [-0.25, -0.2) is 0 Å². The van der Waals surface area contributed by atoms with Crippen LogP contribution >= 0.6 is 12.2 Å². The van der Waals surface area contributed by atoms with E-state index in [1.165, 1.54) is 6.07 Å². The molecule has 1 aliphatic heterocycles. The van der Waals surface area contributed by atoms with E-state index in [2.05, 4.69) is 0 Å². The molecule has 0 radical (unpaired) electrons. The first kappa shape index (κ1) is 11.9. The van der Waals surface area contributed by atoms with Crippen molar-refractivity contribution in [1.29, 1.82) is 0 Å². The van der Waals surface area contributed by atoms with Gasteiger partial charge in [0.15, 0.2) is 6.10 Å². The van der Waals surface area contributed by atoms with Gasteiger partial charge in [0, 0.05) is 0 Å². The second-order valence-electron chi connectivity index (χ2n) is 4.25. The van der Waals surface area contributed by atoms with Gasteiger partial charge < -0.3 is 9.84 Å². The predicted molar refractivity (Wildman–Crippen MR) is 74.8 cm³/mol. The van der Waals surface area contributed by atoms with Gasteiger partial charge in [0.05, 0.1) is 0 Å². The molecule has 1 aliphatic rings. The zero-order valence-electron chi connectivity index (χ0n) is 9.87. The molecule has 3 rings (SSSR count). The summed E-state index contributed by atoms with van der Waals surface area (Å²) in [5, 5.41) is 9.74. The highest BCUT2D eigenvalue weighted by Crippen LogP contribution is 2.37. The highest BCUT2D eigenvalue weighted by Gasteiger charge is 2.34. The minimum atomic E-state index is -0.571. The third-order valence-corrected chi connectivity index (χ3v) is 3.44. The zero-order chi connectivity index (χ0) is 13.4. The summed E-state index contributed by atoms with van der Waals surface area (Å²) >= 11 is 5.18. The molecule has 0 amide bonds. The highest BCUT2D eigenvalue weighted by molar-refractivity contribution is 7.82. The average Bonchev–Trinajstić information content (AvgIpc) is 2.43. The van der Waals surface area contributed by atoms with Gasteiger partial charge >= 0.3 is 0 Å². The van der Waals surface area contributed by atoms with E-state index in [0.29, 0.717) is 5.75 Å². The molecular formula is C15H10O3S. The molecule has 94 valence electrons. The molecule has 4 heteroatoms. The van der Waals surface area contributed by atoms with Gasteiger partial charge in [0.1, 0.15) is 21.9 Å². The molecule has 3 nitrogen and oxygen atoms in total. The molecular weight excluding hydrogens is 260 g/mol. The van der Waals surface area contributed by atoms with Crippen LogP contribution in [0.25, 0.3) is 0 Å². The number of aromatic hydroxyl groups is 1. The van der Waals surface area contributed by atoms with E-state index < -0.39 is 6.10 Å². The molecule has 1 N–H and O–H groups in total. The Morgan fingerprint density at radius 3 is 2.53 bits per heavy atom. The summed E-state index contributed by atoms with van der Waals surface area (Å²) in [5.41, 5.74) is 0.981. The largest absolute Gasteiger partial charge is 0.507 e. The van der Waals surface area contributed by atoms with Crippen molar-refractivity contribution < 1.29 is 14.6 Å². The van der Waals surface area contributed by atoms with E-state index in [-0.39, 0.29) is 22.0 Å². The monoisotopic (exact) mass is 270 g/mol. The number of hydrogen-bond donors (Lipinski definition) is 1. The molecule has 0 fully saturated rings. The Labute approximate surface area is 115 Å². The number of ketones is 1. The van der Waals surface area contributed by atoms with Gasteiger partial charge in [-0.05, 0) is 17.7 Å². The fourth-order valence-corrected chi connectivity index (χ4v) is 2.40. The number of Topliss-reactive ketones (excluding diaryl/α,β-unsaturated/α-hetero) is 1. The van der Waals surface area contributed by atoms with Gasteiger partial charge in [0.25, 0.3) is 0 Å². The molecule has 0 aliphatic carbocycles. The zero-order valence-corrected chi connectivity index (χ0v) is 10.7. The van der Waals surface area contributed by atoms with Crippen molar-refractivity contribution in [2.45, 2.75) is 6.10 Å². The van der Waals surface area contributed by atoms with E-state index >= 15 is 0 Å². The predicted octanol–water partition coefficient (Wildman–Crippen LogP) is 3.08. The smallest absolute Gasteiger partial charge is 0.211 e. The summed E-state index contributed by atoms with van der Waals surface area (Å²) in [5.74, 6) is -0.0768. The molecule has 1 unspecified atom stereocenters. The van der Waals surface area contributed by atoms with Crippen LogP contribution in [0.2, 0.25) is 0 Å². The summed E-state index contributed by atoms with van der Waals surface area (Å²) < 4.78 is 5.76. The number of thiocarbonyl (C=S) groups is 1. The third-order valence-electron chi connectivity index (χ3n) is 3.04. The molecule has 1 heterocycles. The van der Waals surface area contributed by atoms with Crippen LogP contribution in [0.15, 0.2) is 48.5 Å². The number of phenolic OH excluding ortho intramolecular Hbond substituents is 1. The minimum Gasteiger partial charge on any atom is -0.507 e. The van der Waals surface area contributed by atoms with Gasteiger partial charge in [-0.2, -0.15) is 0 Å². The number of ether oxygens (including phenoxy) is 1. The van der Waals surface area contributed by atoms with Gasteiger partial charge in [-0.15, -0.1) is 0 Å². The van der Waals surface area contributed by atoms with E-state index in [1.54, 1.807) is 12.1 Å². The molecule has 0 bridgehead atoms. The van der Waals surface area contributed by atoms with E-state index in [9.17, 15) is 9.90 Å². The lowest BCUT2D eigenvalue weighted by Gasteiger charge is -2.26. The van der Waals surface area contributed by atoms with Gasteiger partial charge in [0.2, 0.25) is 5.78 Å². The Balaban J connectivity index is 2.10. The minimum absolute atomic E-state index is 0.101. The number of hydrogen-bond acceptors (Lipinski definition) is 4. The molecule has 0 saturated carbocycles. The molecule has 19 heavy (non-hydrogen) atoms. The van der Waals surface area contributed by atoms with Crippen LogP contribution in [0.4, 0.5) is 0 Å². The number of phenols is 1. The number of carbonyl (C=O) groups is 1. The Hall–Kier alpha value is -2.20. The van der Waals surface area contributed by atoms with Crippen molar-refractivity contribution in [3.63, 3.8) is 0 Å². The summed E-state index contributed by atoms with van der Waals surface area (Å²) in [4.78, 5) is 12.4. The second-order valence-corrected chi connectivity index (χ2v) is 4.69. The summed E-state index contributed by atoms with van der Waals surface area (Å²) in [6.07, 6.45) is -0.571. The molecule has 1 atom stereocenters. The lowest BCUT2D eigenvalue weighted by Crippen LogP contribution is -2.30. The van der Waals surface area contributed by atoms with Crippen LogP contribution in [0.5, 0.6) is 11.5 Å². The van der Waals surface area contributed by atoms with E-state index in [4.69, 9.17) is 17.0 Å². The van der Waals surface area contributed by atoms with Gasteiger partial charge in [-0.3, -0.25) is 4.79 Å². The van der Waals surface area contributed by atoms with Crippen LogP contribution in [0.1, 0.15) is 22.0 Å². The quantitative estimate of drug-likeness (QED) is 0.809. The van der Waals surface area contributed by atoms with Gasteiger partial charge in [-0.1, -0.05) is 48.6 Å². The maximum absolute atomic E-state index is 12.2. The molecule has 0 aromatic heterocycles. The Kier molecular flexibility index (Phi) is 2.80. The Bertz CT molecular complexity index is 664. The average molecular weight is 270 g/mol. The molecule has 2 aromatic rings. The van der Waals surface area contributed by atoms with Crippen LogP contribution < -0.4 is 4.74 Å². The van der Waals surface area contributed by atoms with Crippen LogP contribution in [0, 0.1) is 0 Å². The van der Waals surface area contributed by atoms with E-state index in [1.807, 2.05) is 30.3 Å².